The number of rotatable bonds is 2. The molecule has 0 atom stereocenters. The van der Waals surface area contributed by atoms with Crippen molar-refractivity contribution in [2.24, 2.45) is 0 Å². The molecule has 0 aliphatic heterocycles. The molecule has 2 heterocycles. The quantitative estimate of drug-likeness (QED) is 0.553. The number of H-pyrrole nitrogens is 1. The summed E-state index contributed by atoms with van der Waals surface area (Å²) in [4.78, 5) is 15.9. The van der Waals surface area contributed by atoms with Crippen LogP contribution in [0.2, 0.25) is 0 Å². The highest BCUT2D eigenvalue weighted by Crippen LogP contribution is 2.40. The fourth-order valence-electron chi connectivity index (χ4n) is 3.47. The maximum Gasteiger partial charge on any atom is 0.259 e. The van der Waals surface area contributed by atoms with E-state index in [0.29, 0.717) is 29.4 Å². The van der Waals surface area contributed by atoms with Gasteiger partial charge in [0.1, 0.15) is 5.69 Å². The van der Waals surface area contributed by atoms with Crippen LogP contribution in [0.15, 0.2) is 46.2 Å². The minimum Gasteiger partial charge on any atom is -0.412 e. The van der Waals surface area contributed by atoms with E-state index < -0.39 is 5.92 Å². The molecule has 2 aromatic heterocycles. The number of aromatic amines is 1. The Hall–Kier alpha value is -2.27. The van der Waals surface area contributed by atoms with Gasteiger partial charge in [0.2, 0.25) is 5.92 Å². The largest absolute Gasteiger partial charge is 0.412 e. The number of benzene rings is 1. The van der Waals surface area contributed by atoms with Gasteiger partial charge in [-0.1, -0.05) is 12.1 Å². The van der Waals surface area contributed by atoms with E-state index in [9.17, 15) is 13.6 Å². The molecule has 1 fully saturated rings. The molecular formula is C18H24F2N4O3S. The Kier molecular flexibility index (Phi) is 7.49. The van der Waals surface area contributed by atoms with Crippen LogP contribution in [0.3, 0.4) is 0 Å². The Morgan fingerprint density at radius 1 is 1.11 bits per heavy atom. The molecule has 0 unspecified atom stereocenters. The van der Waals surface area contributed by atoms with Gasteiger partial charge in [0.25, 0.3) is 5.56 Å². The number of pyridine rings is 1. The number of thiol groups is 1. The van der Waals surface area contributed by atoms with Crippen molar-refractivity contribution >= 4 is 23.5 Å². The highest BCUT2D eigenvalue weighted by molar-refractivity contribution is 7.80. The third kappa shape index (κ3) is 4.25. The van der Waals surface area contributed by atoms with Crippen molar-refractivity contribution in [3.63, 3.8) is 0 Å². The first-order valence-electron chi connectivity index (χ1n) is 8.22. The van der Waals surface area contributed by atoms with E-state index >= 15 is 0 Å². The number of hydrogen-bond acceptors (Lipinski definition) is 4. The summed E-state index contributed by atoms with van der Waals surface area (Å²) < 4.78 is 28.7. The molecule has 7 nitrogen and oxygen atoms in total. The van der Waals surface area contributed by atoms with Crippen LogP contribution in [0.25, 0.3) is 22.2 Å². The van der Waals surface area contributed by atoms with E-state index in [4.69, 9.17) is 0 Å². The zero-order valence-corrected chi connectivity index (χ0v) is 16.0. The average Bonchev–Trinajstić information content (AvgIpc) is 2.97. The summed E-state index contributed by atoms with van der Waals surface area (Å²) in [6.07, 6.45) is 1.98. The van der Waals surface area contributed by atoms with Gasteiger partial charge in [0.05, 0.1) is 16.9 Å². The number of nitrogens with zero attached hydrogens (tertiary/aromatic N) is 2. The number of aromatic nitrogens is 3. The van der Waals surface area contributed by atoms with Gasteiger partial charge < -0.3 is 22.1 Å². The van der Waals surface area contributed by atoms with Crippen molar-refractivity contribution in [3.05, 3.63) is 46.9 Å². The van der Waals surface area contributed by atoms with Crippen LogP contribution < -0.4 is 11.7 Å². The number of nitrogens with one attached hydrogen (secondary N) is 1. The summed E-state index contributed by atoms with van der Waals surface area (Å²) in [6, 6.07) is 9.05. The summed E-state index contributed by atoms with van der Waals surface area (Å²) >= 11 is 4.28. The Bertz CT molecular complexity index is 979. The molecule has 0 spiro atoms. The lowest BCUT2D eigenvalue weighted by Gasteiger charge is -2.28. The Morgan fingerprint density at radius 3 is 2.32 bits per heavy atom. The number of hydrogen-bond donors (Lipinski definition) is 3. The van der Waals surface area contributed by atoms with Gasteiger partial charge >= 0.3 is 0 Å². The monoisotopic (exact) mass is 414 g/mol. The molecular weight excluding hydrogens is 390 g/mol. The Balaban J connectivity index is 0.00000131. The fraction of sp³-hybridized carbons (Fsp3) is 0.333. The molecule has 28 heavy (non-hydrogen) atoms. The highest BCUT2D eigenvalue weighted by atomic mass is 32.1. The molecule has 0 radical (unpaired) electrons. The summed E-state index contributed by atoms with van der Waals surface area (Å²) in [6.45, 7) is 0. The normalized spacial score (nSPS) is 16.0. The fourth-order valence-corrected chi connectivity index (χ4v) is 3.62. The minimum absolute atomic E-state index is 0. The summed E-state index contributed by atoms with van der Waals surface area (Å²) in [7, 11) is 0. The smallest absolute Gasteiger partial charge is 0.259 e. The zero-order valence-electron chi connectivity index (χ0n) is 15.1. The van der Waals surface area contributed by atoms with Gasteiger partial charge in [0.15, 0.2) is 0 Å². The average molecular weight is 414 g/mol. The van der Waals surface area contributed by atoms with Crippen molar-refractivity contribution in [1.29, 1.82) is 0 Å². The molecule has 8 N–H and O–H groups in total. The third-order valence-corrected chi connectivity index (χ3v) is 5.10. The predicted molar refractivity (Wildman–Crippen MR) is 108 cm³/mol. The molecule has 1 aliphatic rings. The van der Waals surface area contributed by atoms with Gasteiger partial charge in [0, 0.05) is 29.5 Å². The molecule has 1 aromatic carbocycles. The molecule has 1 saturated carbocycles. The molecule has 4 rings (SSSR count). The van der Waals surface area contributed by atoms with Crippen LogP contribution in [0.4, 0.5) is 8.78 Å². The molecule has 1 aliphatic carbocycles. The van der Waals surface area contributed by atoms with Crippen LogP contribution in [-0.2, 0) is 0 Å². The topological polar surface area (TPSA) is 149 Å². The lowest BCUT2D eigenvalue weighted by atomic mass is 9.92. The van der Waals surface area contributed by atoms with Crippen molar-refractivity contribution < 1.29 is 19.7 Å². The van der Waals surface area contributed by atoms with E-state index in [-0.39, 0.29) is 41.5 Å². The van der Waals surface area contributed by atoms with E-state index in [1.54, 1.807) is 16.9 Å². The van der Waals surface area contributed by atoms with E-state index in [2.05, 4.69) is 22.7 Å². The molecule has 0 saturated heterocycles. The van der Waals surface area contributed by atoms with E-state index in [1.807, 2.05) is 24.3 Å². The standard InChI is InChI=1S/C18H17F2N3OS.H3N.2H2O/c19-18(20)8-5-12(6-9-18)23-14-7-10-21-17(24)15(14)16(22-23)11-1-3-13(25)4-2-11;;;/h1-4,7,10,12,25H,5-6,8-9H2,(H,21,24);1H3;2*1H2. The Morgan fingerprint density at radius 2 is 1.71 bits per heavy atom. The number of fused-ring (bicyclic) bond motifs is 1. The maximum atomic E-state index is 13.5. The summed E-state index contributed by atoms with van der Waals surface area (Å²) in [5.41, 5.74) is 1.83. The molecule has 3 aromatic rings. The molecule has 154 valence electrons. The first kappa shape index (κ1) is 23.8. The van der Waals surface area contributed by atoms with Crippen LogP contribution in [0.1, 0.15) is 31.7 Å². The first-order chi connectivity index (χ1) is 11.9. The Labute approximate surface area is 165 Å². The van der Waals surface area contributed by atoms with Gasteiger partial charge in [-0.05, 0) is 31.0 Å². The summed E-state index contributed by atoms with van der Waals surface area (Å²) in [5, 5.41) is 5.14. The van der Waals surface area contributed by atoms with Gasteiger partial charge in [-0.2, -0.15) is 5.10 Å². The highest BCUT2D eigenvalue weighted by Gasteiger charge is 2.36. The second kappa shape index (κ2) is 8.82. The number of alkyl halides is 2. The maximum absolute atomic E-state index is 13.5. The van der Waals surface area contributed by atoms with Crippen LogP contribution in [0, 0.1) is 0 Å². The lowest BCUT2D eigenvalue weighted by molar-refractivity contribution is -0.0445. The van der Waals surface area contributed by atoms with E-state index in [1.165, 1.54) is 0 Å². The number of halogens is 2. The lowest BCUT2D eigenvalue weighted by Crippen LogP contribution is -2.26. The minimum atomic E-state index is -2.60. The molecule has 0 amide bonds. The van der Waals surface area contributed by atoms with Crippen LogP contribution in [0.5, 0.6) is 0 Å². The third-order valence-electron chi connectivity index (χ3n) is 4.80. The van der Waals surface area contributed by atoms with Crippen molar-refractivity contribution in [3.8, 4) is 11.3 Å². The SMILES string of the molecule is N.O.O.O=c1[nH]ccc2c1c(-c1ccc(S)cc1)nn2C1CCC(F)(F)CC1. The van der Waals surface area contributed by atoms with Crippen molar-refractivity contribution in [2.75, 3.05) is 0 Å². The van der Waals surface area contributed by atoms with Crippen LogP contribution >= 0.6 is 12.6 Å². The zero-order chi connectivity index (χ0) is 17.6. The molecule has 10 heteroatoms. The van der Waals surface area contributed by atoms with Gasteiger partial charge in [-0.3, -0.25) is 9.48 Å². The predicted octanol–water partition coefficient (Wildman–Crippen LogP) is 2.94. The molecule has 0 bridgehead atoms. The van der Waals surface area contributed by atoms with Crippen molar-refractivity contribution in [2.45, 2.75) is 42.5 Å². The van der Waals surface area contributed by atoms with Gasteiger partial charge in [-0.15, -0.1) is 12.6 Å². The second-order valence-corrected chi connectivity index (χ2v) is 7.01. The second-order valence-electron chi connectivity index (χ2n) is 6.49. The van der Waals surface area contributed by atoms with Gasteiger partial charge in [-0.25, -0.2) is 8.78 Å². The summed E-state index contributed by atoms with van der Waals surface area (Å²) in [5.74, 6) is -2.60. The van der Waals surface area contributed by atoms with Crippen molar-refractivity contribution in [1.82, 2.24) is 20.9 Å². The van der Waals surface area contributed by atoms with Crippen LogP contribution in [-0.4, -0.2) is 31.6 Å². The van der Waals surface area contributed by atoms with E-state index in [0.717, 1.165) is 10.5 Å². The first-order valence-corrected chi connectivity index (χ1v) is 8.66.